The number of aryl methyl sites for hydroxylation is 1. The van der Waals surface area contributed by atoms with Crippen LogP contribution in [0.5, 0.6) is 0 Å². The molecule has 1 fully saturated rings. The molecule has 0 spiro atoms. The first-order valence-electron chi connectivity index (χ1n) is 12.1. The number of anilines is 2. The molecule has 5 heterocycles. The van der Waals surface area contributed by atoms with E-state index in [4.69, 9.17) is 5.10 Å². The van der Waals surface area contributed by atoms with Gasteiger partial charge in [0.15, 0.2) is 11.5 Å². The summed E-state index contributed by atoms with van der Waals surface area (Å²) < 4.78 is 3.49. The maximum absolute atomic E-state index is 12.9. The van der Waals surface area contributed by atoms with Crippen molar-refractivity contribution in [2.24, 2.45) is 0 Å². The van der Waals surface area contributed by atoms with Crippen LogP contribution in [0.3, 0.4) is 0 Å². The average molecular weight is 479 g/mol. The topological polar surface area (TPSA) is 93.2 Å². The van der Waals surface area contributed by atoms with Crippen LogP contribution >= 0.6 is 0 Å². The Balaban J connectivity index is 1.26. The Morgan fingerprint density at radius 2 is 1.86 bits per heavy atom. The Kier molecular flexibility index (Phi) is 5.65. The third-order valence-corrected chi connectivity index (χ3v) is 6.38. The first kappa shape index (κ1) is 22.0. The molecule has 9 nitrogen and oxygen atoms in total. The van der Waals surface area contributed by atoms with Crippen LogP contribution in [0.4, 0.5) is 11.4 Å². The van der Waals surface area contributed by atoms with Crippen LogP contribution in [0.2, 0.25) is 0 Å². The lowest BCUT2D eigenvalue weighted by Gasteiger charge is -2.17. The van der Waals surface area contributed by atoms with Gasteiger partial charge >= 0.3 is 0 Å². The van der Waals surface area contributed by atoms with Crippen LogP contribution in [-0.4, -0.2) is 48.4 Å². The molecule has 36 heavy (non-hydrogen) atoms. The predicted molar refractivity (Wildman–Crippen MR) is 138 cm³/mol. The van der Waals surface area contributed by atoms with Gasteiger partial charge in [0.2, 0.25) is 5.91 Å². The Labute approximate surface area is 208 Å². The zero-order valence-corrected chi connectivity index (χ0v) is 20.0. The van der Waals surface area contributed by atoms with Crippen LogP contribution in [0.25, 0.3) is 22.7 Å². The van der Waals surface area contributed by atoms with Gasteiger partial charge in [-0.3, -0.25) is 4.79 Å². The smallest absolute Gasteiger partial charge is 0.230 e. The number of hydrogen-bond acceptors (Lipinski definition) is 6. The lowest BCUT2D eigenvalue weighted by atomic mass is 10.1. The summed E-state index contributed by atoms with van der Waals surface area (Å²) in [5, 5.41) is 12.0. The maximum atomic E-state index is 12.9. The first-order valence-corrected chi connectivity index (χ1v) is 12.1. The minimum absolute atomic E-state index is 0.121. The molecule has 6 rings (SSSR count). The van der Waals surface area contributed by atoms with Gasteiger partial charge in [0.05, 0.1) is 17.8 Å². The summed E-state index contributed by atoms with van der Waals surface area (Å²) in [6.45, 7) is 4.13. The fraction of sp³-hybridized carbons (Fsp3) is 0.222. The largest absolute Gasteiger partial charge is 0.372 e. The normalized spacial score (nSPS) is 13.4. The number of rotatable bonds is 6. The highest BCUT2D eigenvalue weighted by molar-refractivity contribution is 5.92. The fourth-order valence-electron chi connectivity index (χ4n) is 4.61. The third-order valence-electron chi connectivity index (χ3n) is 6.38. The molecule has 1 amide bonds. The van der Waals surface area contributed by atoms with Crippen LogP contribution < -0.4 is 10.2 Å². The van der Waals surface area contributed by atoms with Crippen molar-refractivity contribution in [3.8, 4) is 17.1 Å². The molecule has 1 aliphatic heterocycles. The van der Waals surface area contributed by atoms with E-state index < -0.39 is 0 Å². The molecule has 0 bridgehead atoms. The van der Waals surface area contributed by atoms with Gasteiger partial charge in [0.25, 0.3) is 0 Å². The highest BCUT2D eigenvalue weighted by Crippen LogP contribution is 2.25. The summed E-state index contributed by atoms with van der Waals surface area (Å²) in [6.07, 6.45) is 6.03. The molecule has 9 heteroatoms. The van der Waals surface area contributed by atoms with Gasteiger partial charge in [-0.1, -0.05) is 6.07 Å². The highest BCUT2D eigenvalue weighted by atomic mass is 16.1. The van der Waals surface area contributed by atoms with E-state index in [1.165, 1.54) is 24.9 Å². The maximum Gasteiger partial charge on any atom is 0.230 e. The number of hydrogen-bond donors (Lipinski definition) is 1. The molecule has 0 unspecified atom stereocenters. The highest BCUT2D eigenvalue weighted by Gasteiger charge is 2.17. The van der Waals surface area contributed by atoms with E-state index in [-0.39, 0.29) is 12.3 Å². The zero-order valence-electron chi connectivity index (χ0n) is 20.0. The Morgan fingerprint density at radius 3 is 2.67 bits per heavy atom. The monoisotopic (exact) mass is 478 g/mol. The van der Waals surface area contributed by atoms with Gasteiger partial charge in [0.1, 0.15) is 6.33 Å². The van der Waals surface area contributed by atoms with Crippen molar-refractivity contribution in [1.29, 1.82) is 0 Å². The molecule has 0 radical (unpaired) electrons. The minimum atomic E-state index is -0.121. The molecule has 180 valence electrons. The number of fused-ring (bicyclic) bond motifs is 1. The zero-order chi connectivity index (χ0) is 24.5. The van der Waals surface area contributed by atoms with Crippen LogP contribution in [0, 0.1) is 6.92 Å². The van der Waals surface area contributed by atoms with Gasteiger partial charge in [-0.05, 0) is 74.4 Å². The van der Waals surface area contributed by atoms with E-state index in [0.717, 1.165) is 41.4 Å². The number of nitrogens with one attached hydrogen (secondary N) is 1. The van der Waals surface area contributed by atoms with E-state index in [1.54, 1.807) is 9.20 Å². The summed E-state index contributed by atoms with van der Waals surface area (Å²) in [5.74, 6) is 0.567. The molecular weight excluding hydrogens is 452 g/mol. The summed E-state index contributed by atoms with van der Waals surface area (Å²) in [7, 11) is 0. The molecular formula is C27H26N8O. The summed E-state index contributed by atoms with van der Waals surface area (Å²) in [4.78, 5) is 24.1. The summed E-state index contributed by atoms with van der Waals surface area (Å²) in [5.41, 5.74) is 5.99. The Bertz CT molecular complexity index is 1530. The van der Waals surface area contributed by atoms with Crippen LogP contribution in [0.1, 0.15) is 24.2 Å². The van der Waals surface area contributed by atoms with Gasteiger partial charge < -0.3 is 10.2 Å². The molecule has 1 N–H and O–H groups in total. The van der Waals surface area contributed by atoms with Gasteiger partial charge in [-0.25, -0.2) is 19.2 Å². The standard InChI is InChI=1S/C27H26N8O/c1-19-5-4-6-26(30-19)35-24(20-7-12-25-28-18-29-34(25)17-20)15-22(32-35)16-27(36)31-21-8-10-23(11-9-21)33-13-2-3-14-33/h4-12,15,17-18H,2-3,13-14,16H2,1H3,(H,31,36). The van der Waals surface area contributed by atoms with E-state index in [9.17, 15) is 4.79 Å². The Hall–Kier alpha value is -4.53. The number of carbonyl (C=O) groups is 1. The van der Waals surface area contributed by atoms with Crippen molar-refractivity contribution in [3.63, 3.8) is 0 Å². The van der Waals surface area contributed by atoms with E-state index in [0.29, 0.717) is 11.5 Å². The second kappa shape index (κ2) is 9.26. The fourth-order valence-corrected chi connectivity index (χ4v) is 4.61. The second-order valence-electron chi connectivity index (χ2n) is 9.02. The predicted octanol–water partition coefficient (Wildman–Crippen LogP) is 4.07. The molecule has 0 saturated carbocycles. The van der Waals surface area contributed by atoms with E-state index in [1.807, 2.05) is 61.7 Å². The van der Waals surface area contributed by atoms with Crippen LogP contribution in [0.15, 0.2) is 73.2 Å². The number of aromatic nitrogens is 6. The number of amides is 1. The van der Waals surface area contributed by atoms with Gasteiger partial charge in [0, 0.05) is 41.9 Å². The van der Waals surface area contributed by atoms with Crippen molar-refractivity contribution in [2.75, 3.05) is 23.3 Å². The third kappa shape index (κ3) is 4.43. The summed E-state index contributed by atoms with van der Waals surface area (Å²) >= 11 is 0. The molecule has 0 aliphatic carbocycles. The second-order valence-corrected chi connectivity index (χ2v) is 9.02. The minimum Gasteiger partial charge on any atom is -0.372 e. The van der Waals surface area contributed by atoms with Gasteiger partial charge in [-0.2, -0.15) is 10.2 Å². The Morgan fingerprint density at radius 1 is 1.03 bits per heavy atom. The molecule has 4 aromatic heterocycles. The van der Waals surface area contributed by atoms with Crippen molar-refractivity contribution in [1.82, 2.24) is 29.4 Å². The number of nitrogens with zero attached hydrogens (tertiary/aromatic N) is 7. The number of benzene rings is 1. The lowest BCUT2D eigenvalue weighted by Crippen LogP contribution is -2.18. The molecule has 5 aromatic rings. The van der Waals surface area contributed by atoms with Gasteiger partial charge in [-0.15, -0.1) is 0 Å². The molecule has 0 atom stereocenters. The quantitative estimate of drug-likeness (QED) is 0.396. The first-order chi connectivity index (χ1) is 17.6. The lowest BCUT2D eigenvalue weighted by molar-refractivity contribution is -0.115. The summed E-state index contributed by atoms with van der Waals surface area (Å²) in [6, 6.07) is 19.6. The number of carbonyl (C=O) groups excluding carboxylic acids is 1. The van der Waals surface area contributed by atoms with Crippen molar-refractivity contribution < 1.29 is 4.79 Å². The molecule has 1 aliphatic rings. The van der Waals surface area contributed by atoms with E-state index >= 15 is 0 Å². The molecule has 1 saturated heterocycles. The average Bonchev–Trinajstić information content (AvgIpc) is 3.65. The number of pyridine rings is 2. The van der Waals surface area contributed by atoms with Crippen molar-refractivity contribution in [3.05, 3.63) is 84.6 Å². The SMILES string of the molecule is Cc1cccc(-n2nc(CC(=O)Nc3ccc(N4CCCC4)cc3)cc2-c2ccc3ncnn3c2)n1. The van der Waals surface area contributed by atoms with Crippen LogP contribution in [-0.2, 0) is 11.2 Å². The van der Waals surface area contributed by atoms with Crippen molar-refractivity contribution >= 4 is 22.9 Å². The van der Waals surface area contributed by atoms with E-state index in [2.05, 4.69) is 37.4 Å². The molecule has 1 aromatic carbocycles. The van der Waals surface area contributed by atoms with Crippen molar-refractivity contribution in [2.45, 2.75) is 26.2 Å².